The predicted octanol–water partition coefficient (Wildman–Crippen LogP) is 6.38. The summed E-state index contributed by atoms with van der Waals surface area (Å²) in [5, 5.41) is 0. The summed E-state index contributed by atoms with van der Waals surface area (Å²) in [4.78, 5) is 2.29. The minimum absolute atomic E-state index is 1.18. The van der Waals surface area contributed by atoms with Crippen molar-refractivity contribution in [2.45, 2.75) is 13.8 Å². The van der Waals surface area contributed by atoms with Crippen molar-refractivity contribution in [3.05, 3.63) is 87.5 Å². The molecule has 0 aliphatic rings. The molecule has 22 heavy (non-hydrogen) atoms. The van der Waals surface area contributed by atoms with Gasteiger partial charge in [0, 0.05) is 20.6 Å². The second-order valence-electron chi connectivity index (χ2n) is 5.49. The van der Waals surface area contributed by atoms with Crippen molar-refractivity contribution in [3.8, 4) is 0 Å². The normalized spacial score (nSPS) is 10.5. The van der Waals surface area contributed by atoms with Gasteiger partial charge in [0.25, 0.3) is 0 Å². The van der Waals surface area contributed by atoms with Crippen LogP contribution in [-0.2, 0) is 0 Å². The summed E-state index contributed by atoms with van der Waals surface area (Å²) in [5.74, 6) is 0. The summed E-state index contributed by atoms with van der Waals surface area (Å²) in [5.41, 5.74) is 6.08. The molecule has 0 atom stereocenters. The van der Waals surface area contributed by atoms with E-state index in [1.165, 1.54) is 31.8 Å². The van der Waals surface area contributed by atoms with Gasteiger partial charge in [-0.1, -0.05) is 41.5 Å². The Balaban J connectivity index is 2.13. The molecule has 3 rings (SSSR count). The van der Waals surface area contributed by atoms with Gasteiger partial charge >= 0.3 is 0 Å². The molecule has 0 spiro atoms. The SMILES string of the molecule is Cc1ccc(N(c2ccc(C)cc2)c2cccc(I)c2)cc1. The third-order valence-electron chi connectivity index (χ3n) is 3.65. The van der Waals surface area contributed by atoms with Gasteiger partial charge in [-0.3, -0.25) is 0 Å². The first-order valence-corrected chi connectivity index (χ1v) is 8.40. The van der Waals surface area contributed by atoms with Gasteiger partial charge < -0.3 is 4.90 Å². The number of aryl methyl sites for hydroxylation is 2. The molecular formula is C20H18IN. The van der Waals surface area contributed by atoms with E-state index in [0.29, 0.717) is 0 Å². The van der Waals surface area contributed by atoms with E-state index in [9.17, 15) is 0 Å². The van der Waals surface area contributed by atoms with Crippen molar-refractivity contribution in [1.82, 2.24) is 0 Å². The van der Waals surface area contributed by atoms with Gasteiger partial charge in [0.2, 0.25) is 0 Å². The maximum absolute atomic E-state index is 2.36. The van der Waals surface area contributed by atoms with Crippen LogP contribution in [0.4, 0.5) is 17.1 Å². The van der Waals surface area contributed by atoms with Gasteiger partial charge in [-0.25, -0.2) is 0 Å². The number of anilines is 3. The third-order valence-corrected chi connectivity index (χ3v) is 4.32. The molecule has 0 aromatic heterocycles. The molecule has 0 amide bonds. The van der Waals surface area contributed by atoms with Gasteiger partial charge in [0.05, 0.1) is 0 Å². The van der Waals surface area contributed by atoms with E-state index in [0.717, 1.165) is 0 Å². The Bertz CT molecular complexity index is 715. The fourth-order valence-corrected chi connectivity index (χ4v) is 2.98. The molecule has 2 heteroatoms. The minimum atomic E-state index is 1.18. The van der Waals surface area contributed by atoms with Crippen molar-refractivity contribution < 1.29 is 0 Å². The lowest BCUT2D eigenvalue weighted by atomic mass is 10.1. The Hall–Kier alpha value is -1.81. The van der Waals surface area contributed by atoms with Gasteiger partial charge in [0.1, 0.15) is 0 Å². The monoisotopic (exact) mass is 399 g/mol. The lowest BCUT2D eigenvalue weighted by Crippen LogP contribution is -2.10. The van der Waals surface area contributed by atoms with Crippen LogP contribution in [0, 0.1) is 17.4 Å². The number of nitrogens with zero attached hydrogens (tertiary/aromatic N) is 1. The number of hydrogen-bond acceptors (Lipinski definition) is 1. The maximum Gasteiger partial charge on any atom is 0.0472 e. The second-order valence-corrected chi connectivity index (χ2v) is 6.73. The van der Waals surface area contributed by atoms with Crippen LogP contribution < -0.4 is 4.90 Å². The van der Waals surface area contributed by atoms with Crippen LogP contribution in [-0.4, -0.2) is 0 Å². The first kappa shape index (κ1) is 15.1. The van der Waals surface area contributed by atoms with Gasteiger partial charge in [-0.2, -0.15) is 0 Å². The van der Waals surface area contributed by atoms with Gasteiger partial charge in [-0.05, 0) is 78.9 Å². The Labute approximate surface area is 145 Å². The molecule has 0 radical (unpaired) electrons. The first-order chi connectivity index (χ1) is 10.6. The summed E-state index contributed by atoms with van der Waals surface area (Å²) in [6, 6.07) is 25.9. The Morgan fingerprint density at radius 3 is 1.59 bits per heavy atom. The van der Waals surface area contributed by atoms with E-state index >= 15 is 0 Å². The number of rotatable bonds is 3. The van der Waals surface area contributed by atoms with Crippen LogP contribution in [0.2, 0.25) is 0 Å². The zero-order chi connectivity index (χ0) is 15.5. The smallest absolute Gasteiger partial charge is 0.0472 e. The third kappa shape index (κ3) is 3.33. The van der Waals surface area contributed by atoms with Crippen molar-refractivity contribution in [2.75, 3.05) is 4.90 Å². The maximum atomic E-state index is 2.36. The predicted molar refractivity (Wildman–Crippen MR) is 103 cm³/mol. The highest BCUT2D eigenvalue weighted by atomic mass is 127. The second kappa shape index (κ2) is 6.53. The highest BCUT2D eigenvalue weighted by molar-refractivity contribution is 14.1. The van der Waals surface area contributed by atoms with Crippen molar-refractivity contribution in [1.29, 1.82) is 0 Å². The molecule has 0 unspecified atom stereocenters. The molecule has 0 bridgehead atoms. The van der Waals surface area contributed by atoms with E-state index in [1.807, 2.05) is 0 Å². The zero-order valence-corrected chi connectivity index (χ0v) is 14.9. The lowest BCUT2D eigenvalue weighted by molar-refractivity contribution is 1.26. The van der Waals surface area contributed by atoms with Crippen molar-refractivity contribution in [3.63, 3.8) is 0 Å². The molecule has 1 nitrogen and oxygen atoms in total. The number of hydrogen-bond donors (Lipinski definition) is 0. The van der Waals surface area contributed by atoms with E-state index in [1.54, 1.807) is 0 Å². The van der Waals surface area contributed by atoms with E-state index < -0.39 is 0 Å². The summed E-state index contributed by atoms with van der Waals surface area (Å²) >= 11 is 2.36. The molecule has 0 heterocycles. The molecule has 0 aliphatic heterocycles. The summed E-state index contributed by atoms with van der Waals surface area (Å²) in [6.45, 7) is 4.23. The Kier molecular flexibility index (Phi) is 4.48. The van der Waals surface area contributed by atoms with Crippen LogP contribution in [0.25, 0.3) is 0 Å². The molecule has 0 N–H and O–H groups in total. The van der Waals surface area contributed by atoms with Crippen LogP contribution >= 0.6 is 22.6 Å². The Morgan fingerprint density at radius 1 is 0.636 bits per heavy atom. The highest BCUT2D eigenvalue weighted by Gasteiger charge is 2.12. The fraction of sp³-hybridized carbons (Fsp3) is 0.100. The quantitative estimate of drug-likeness (QED) is 0.462. The summed E-state index contributed by atoms with van der Waals surface area (Å²) < 4.78 is 1.24. The van der Waals surface area contributed by atoms with Crippen LogP contribution in [0.1, 0.15) is 11.1 Å². The molecular weight excluding hydrogens is 381 g/mol. The van der Waals surface area contributed by atoms with Gasteiger partial charge in [-0.15, -0.1) is 0 Å². The van der Waals surface area contributed by atoms with Crippen molar-refractivity contribution in [2.24, 2.45) is 0 Å². The fourth-order valence-electron chi connectivity index (χ4n) is 2.45. The molecule has 0 saturated carbocycles. The van der Waals surface area contributed by atoms with Crippen LogP contribution in [0.3, 0.4) is 0 Å². The number of halogens is 1. The average Bonchev–Trinajstić information content (AvgIpc) is 2.51. The van der Waals surface area contributed by atoms with E-state index in [4.69, 9.17) is 0 Å². The molecule has 0 fully saturated rings. The molecule has 0 aliphatic carbocycles. The van der Waals surface area contributed by atoms with Crippen LogP contribution in [0.15, 0.2) is 72.8 Å². The Morgan fingerprint density at radius 2 is 1.14 bits per heavy atom. The van der Waals surface area contributed by atoms with E-state index in [-0.39, 0.29) is 0 Å². The molecule has 110 valence electrons. The molecule has 0 saturated heterocycles. The van der Waals surface area contributed by atoms with E-state index in [2.05, 4.69) is 114 Å². The van der Waals surface area contributed by atoms with Gasteiger partial charge in [0.15, 0.2) is 0 Å². The largest absolute Gasteiger partial charge is 0.310 e. The van der Waals surface area contributed by atoms with Crippen molar-refractivity contribution >= 4 is 39.7 Å². The lowest BCUT2D eigenvalue weighted by Gasteiger charge is -2.26. The zero-order valence-electron chi connectivity index (χ0n) is 12.8. The minimum Gasteiger partial charge on any atom is -0.310 e. The molecule has 3 aromatic rings. The average molecular weight is 399 g/mol. The summed E-state index contributed by atoms with van der Waals surface area (Å²) in [7, 11) is 0. The van der Waals surface area contributed by atoms with Crippen LogP contribution in [0.5, 0.6) is 0 Å². The standard InChI is InChI=1S/C20H18IN/c1-15-6-10-18(11-7-15)22(19-12-8-16(2)9-13-19)20-5-3-4-17(21)14-20/h3-14H,1-2H3. The summed E-state index contributed by atoms with van der Waals surface area (Å²) in [6.07, 6.45) is 0. The molecule has 3 aromatic carbocycles. The number of benzene rings is 3. The highest BCUT2D eigenvalue weighted by Crippen LogP contribution is 2.35. The topological polar surface area (TPSA) is 3.24 Å². The first-order valence-electron chi connectivity index (χ1n) is 7.32.